The third-order valence-electron chi connectivity index (χ3n) is 2.77. The molecule has 1 aromatic carbocycles. The first kappa shape index (κ1) is 14.5. The first-order chi connectivity index (χ1) is 10.2. The zero-order valence-electron chi connectivity index (χ0n) is 11.0. The molecule has 3 aromatic rings. The summed E-state index contributed by atoms with van der Waals surface area (Å²) in [7, 11) is 0. The van der Waals surface area contributed by atoms with Crippen molar-refractivity contribution in [3.05, 3.63) is 46.7 Å². The Morgan fingerprint density at radius 2 is 2.19 bits per heavy atom. The van der Waals surface area contributed by atoms with Crippen LogP contribution in [0.5, 0.6) is 0 Å². The third-order valence-corrected chi connectivity index (χ3v) is 5.21. The molecule has 4 nitrogen and oxygen atoms in total. The van der Waals surface area contributed by atoms with Crippen molar-refractivity contribution in [3.8, 4) is 0 Å². The van der Waals surface area contributed by atoms with Gasteiger partial charge in [0.1, 0.15) is 0 Å². The highest BCUT2D eigenvalue weighted by Gasteiger charge is 2.09. The number of halogens is 1. The number of aromatic nitrogens is 2. The lowest BCUT2D eigenvalue weighted by Crippen LogP contribution is -2.12. The maximum atomic E-state index is 12.2. The fourth-order valence-electron chi connectivity index (χ4n) is 1.81. The molecule has 0 spiro atoms. The number of carbonyl (C=O) groups is 1. The number of thioether (sulfide) groups is 1. The quantitative estimate of drug-likeness (QED) is 0.683. The van der Waals surface area contributed by atoms with Gasteiger partial charge in [-0.1, -0.05) is 11.8 Å². The predicted octanol–water partition coefficient (Wildman–Crippen LogP) is 4.43. The van der Waals surface area contributed by atoms with Crippen molar-refractivity contribution in [2.75, 3.05) is 11.6 Å². The number of amides is 1. The van der Waals surface area contributed by atoms with Crippen LogP contribution in [0, 0.1) is 0 Å². The molecule has 0 saturated carbocycles. The number of carbonyl (C=O) groups excluding carboxylic acids is 1. The molecule has 7 heteroatoms. The van der Waals surface area contributed by atoms with Crippen LogP contribution >= 0.6 is 39.0 Å². The fourth-order valence-corrected chi connectivity index (χ4v) is 3.70. The normalized spacial score (nSPS) is 10.8. The maximum Gasteiger partial charge on any atom is 0.257 e. The molecule has 106 valence electrons. The van der Waals surface area contributed by atoms with E-state index < -0.39 is 0 Å². The van der Waals surface area contributed by atoms with Crippen LogP contribution in [-0.4, -0.2) is 22.1 Å². The van der Waals surface area contributed by atoms with E-state index in [1.807, 2.05) is 24.5 Å². The van der Waals surface area contributed by atoms with Gasteiger partial charge in [0.05, 0.1) is 15.8 Å². The van der Waals surface area contributed by atoms with E-state index in [4.69, 9.17) is 0 Å². The minimum atomic E-state index is -0.183. The van der Waals surface area contributed by atoms with E-state index in [-0.39, 0.29) is 5.91 Å². The van der Waals surface area contributed by atoms with Gasteiger partial charge < -0.3 is 5.32 Å². The Labute approximate surface area is 138 Å². The smallest absolute Gasteiger partial charge is 0.257 e. The molecule has 0 aliphatic rings. The number of pyridine rings is 1. The molecular weight excluding hydrogens is 370 g/mol. The van der Waals surface area contributed by atoms with E-state index >= 15 is 0 Å². The van der Waals surface area contributed by atoms with Gasteiger partial charge in [0.25, 0.3) is 5.91 Å². The number of fused-ring (bicyclic) bond motifs is 1. The number of nitrogens with one attached hydrogen (secondary N) is 1. The van der Waals surface area contributed by atoms with Crippen LogP contribution in [0.1, 0.15) is 10.4 Å². The number of benzene rings is 1. The van der Waals surface area contributed by atoms with Crippen molar-refractivity contribution in [2.24, 2.45) is 0 Å². The Balaban J connectivity index is 1.85. The summed E-state index contributed by atoms with van der Waals surface area (Å²) in [5, 5.41) is 2.88. The van der Waals surface area contributed by atoms with Gasteiger partial charge in [-0.25, -0.2) is 4.98 Å². The highest BCUT2D eigenvalue weighted by atomic mass is 79.9. The molecule has 2 aromatic heterocycles. The second kappa shape index (κ2) is 6.13. The zero-order valence-corrected chi connectivity index (χ0v) is 14.2. The Bertz CT molecular complexity index is 819. The van der Waals surface area contributed by atoms with Gasteiger partial charge in [0.15, 0.2) is 4.34 Å². The van der Waals surface area contributed by atoms with Crippen LogP contribution in [0.4, 0.5) is 5.69 Å². The van der Waals surface area contributed by atoms with Crippen molar-refractivity contribution < 1.29 is 4.79 Å². The monoisotopic (exact) mass is 379 g/mol. The molecule has 1 amide bonds. The maximum absolute atomic E-state index is 12.2. The molecule has 3 rings (SSSR count). The van der Waals surface area contributed by atoms with Crippen LogP contribution in [0.2, 0.25) is 0 Å². The largest absolute Gasteiger partial charge is 0.322 e. The second-order valence-corrected chi connectivity index (χ2v) is 7.21. The number of nitrogens with zero attached hydrogens (tertiary/aromatic N) is 2. The molecular formula is C14H10BrN3OS2. The number of anilines is 1. The summed E-state index contributed by atoms with van der Waals surface area (Å²) in [4.78, 5) is 20.6. The topological polar surface area (TPSA) is 54.9 Å². The van der Waals surface area contributed by atoms with Gasteiger partial charge in [-0.05, 0) is 46.5 Å². The van der Waals surface area contributed by atoms with Gasteiger partial charge >= 0.3 is 0 Å². The Morgan fingerprint density at radius 3 is 2.95 bits per heavy atom. The third kappa shape index (κ3) is 3.25. The molecule has 0 unspecified atom stereocenters. The minimum Gasteiger partial charge on any atom is -0.322 e. The molecule has 0 bridgehead atoms. The number of rotatable bonds is 3. The number of hydrogen-bond acceptors (Lipinski definition) is 5. The number of thiazole rings is 1. The van der Waals surface area contributed by atoms with Crippen molar-refractivity contribution >= 4 is 60.8 Å². The van der Waals surface area contributed by atoms with E-state index in [1.54, 1.807) is 35.4 Å². The second-order valence-electron chi connectivity index (χ2n) is 4.21. The predicted molar refractivity (Wildman–Crippen MR) is 91.3 cm³/mol. The molecule has 0 atom stereocenters. The van der Waals surface area contributed by atoms with Crippen LogP contribution in [0.3, 0.4) is 0 Å². The highest BCUT2D eigenvalue weighted by Crippen LogP contribution is 2.30. The lowest BCUT2D eigenvalue weighted by Gasteiger charge is -2.05. The SMILES string of the molecule is CSc1nc2ccc(NC(=O)c3cncc(Br)c3)cc2s1. The van der Waals surface area contributed by atoms with E-state index in [9.17, 15) is 4.79 Å². The summed E-state index contributed by atoms with van der Waals surface area (Å²) in [6.07, 6.45) is 5.18. The van der Waals surface area contributed by atoms with E-state index in [1.165, 1.54) is 6.20 Å². The van der Waals surface area contributed by atoms with Crippen LogP contribution in [-0.2, 0) is 0 Å². The molecule has 21 heavy (non-hydrogen) atoms. The summed E-state index contributed by atoms with van der Waals surface area (Å²) in [6.45, 7) is 0. The molecule has 0 fully saturated rings. The lowest BCUT2D eigenvalue weighted by molar-refractivity contribution is 0.102. The first-order valence-electron chi connectivity index (χ1n) is 6.02. The van der Waals surface area contributed by atoms with Crippen molar-refractivity contribution in [3.63, 3.8) is 0 Å². The molecule has 2 heterocycles. The van der Waals surface area contributed by atoms with Crippen LogP contribution < -0.4 is 5.32 Å². The Hall–Kier alpha value is -1.44. The van der Waals surface area contributed by atoms with Gasteiger partial charge in [0.2, 0.25) is 0 Å². The summed E-state index contributed by atoms with van der Waals surface area (Å²) < 4.78 is 2.85. The molecule has 0 aliphatic carbocycles. The molecule has 0 saturated heterocycles. The number of hydrogen-bond donors (Lipinski definition) is 1. The van der Waals surface area contributed by atoms with E-state index in [2.05, 4.69) is 31.2 Å². The summed E-state index contributed by atoms with van der Waals surface area (Å²) in [6, 6.07) is 7.45. The average molecular weight is 380 g/mol. The van der Waals surface area contributed by atoms with Crippen LogP contribution in [0.25, 0.3) is 10.2 Å². The summed E-state index contributed by atoms with van der Waals surface area (Å²) in [5.41, 5.74) is 2.22. The van der Waals surface area contributed by atoms with Crippen molar-refractivity contribution in [1.82, 2.24) is 9.97 Å². The highest BCUT2D eigenvalue weighted by molar-refractivity contribution is 9.10. The Morgan fingerprint density at radius 1 is 1.33 bits per heavy atom. The zero-order chi connectivity index (χ0) is 14.8. The average Bonchev–Trinajstić information content (AvgIpc) is 2.89. The molecule has 0 aliphatic heterocycles. The van der Waals surface area contributed by atoms with Crippen molar-refractivity contribution in [2.45, 2.75) is 4.34 Å². The van der Waals surface area contributed by atoms with Gasteiger partial charge in [-0.2, -0.15) is 0 Å². The summed E-state index contributed by atoms with van der Waals surface area (Å²) >= 11 is 6.54. The lowest BCUT2D eigenvalue weighted by atomic mass is 10.2. The van der Waals surface area contributed by atoms with E-state index in [0.717, 1.165) is 24.7 Å². The fraction of sp³-hybridized carbons (Fsp3) is 0.0714. The Kier molecular flexibility index (Phi) is 4.23. The van der Waals surface area contributed by atoms with Crippen LogP contribution in [0.15, 0.2) is 45.5 Å². The molecule has 1 N–H and O–H groups in total. The summed E-state index contributed by atoms with van der Waals surface area (Å²) in [5.74, 6) is -0.183. The van der Waals surface area contributed by atoms with Gasteiger partial charge in [-0.3, -0.25) is 9.78 Å². The van der Waals surface area contributed by atoms with E-state index in [0.29, 0.717) is 5.56 Å². The van der Waals surface area contributed by atoms with Crippen molar-refractivity contribution in [1.29, 1.82) is 0 Å². The molecule has 0 radical (unpaired) electrons. The van der Waals surface area contributed by atoms with Gasteiger partial charge in [-0.15, -0.1) is 11.3 Å². The standard InChI is InChI=1S/C14H10BrN3OS2/c1-20-14-18-11-3-2-10(5-12(11)21-14)17-13(19)8-4-9(15)7-16-6-8/h2-7H,1H3,(H,17,19). The van der Waals surface area contributed by atoms with Gasteiger partial charge in [0, 0.05) is 22.6 Å². The first-order valence-corrected chi connectivity index (χ1v) is 8.85. The minimum absolute atomic E-state index is 0.183.